The van der Waals surface area contributed by atoms with Gasteiger partial charge in [0.05, 0.1) is 118 Å². The van der Waals surface area contributed by atoms with Gasteiger partial charge in [0.1, 0.15) is 12.2 Å². The normalized spacial score (nSPS) is 14.1. The molecule has 12 nitrogen and oxygen atoms in total. The lowest BCUT2D eigenvalue weighted by atomic mass is 10.1. The fourth-order valence-electron chi connectivity index (χ4n) is 3.19. The van der Waals surface area contributed by atoms with Crippen LogP contribution in [0.2, 0.25) is 0 Å². The van der Waals surface area contributed by atoms with Gasteiger partial charge in [-0.05, 0) is 6.42 Å². The summed E-state index contributed by atoms with van der Waals surface area (Å²) in [6.07, 6.45) is -0.296. The van der Waals surface area contributed by atoms with E-state index in [9.17, 15) is 0 Å². The van der Waals surface area contributed by atoms with Crippen LogP contribution < -0.4 is 0 Å². The second-order valence-corrected chi connectivity index (χ2v) is 8.06. The Kier molecular flexibility index (Phi) is 30.7. The molecule has 0 aromatic rings. The Morgan fingerprint density at radius 2 is 0.711 bits per heavy atom. The standard InChI is InChI=1S/C26H54O12/c1-6-24(36-20-17-32-12-8-28-3)26(38-22-19-34-14-10-30-5)25(37-21-18-33-13-9-29-4)23-35-16-15-31-11-7-27-2/h24-26H,6-23H2,1-5H3. The van der Waals surface area contributed by atoms with Crippen molar-refractivity contribution in [2.75, 3.05) is 141 Å². The van der Waals surface area contributed by atoms with E-state index in [1.54, 1.807) is 28.4 Å². The molecule has 0 saturated heterocycles. The molecular weight excluding hydrogens is 504 g/mol. The Morgan fingerprint density at radius 3 is 1.13 bits per heavy atom. The minimum absolute atomic E-state index is 0.235. The van der Waals surface area contributed by atoms with Crippen LogP contribution in [0.3, 0.4) is 0 Å². The van der Waals surface area contributed by atoms with Gasteiger partial charge in [-0.25, -0.2) is 0 Å². The van der Waals surface area contributed by atoms with Gasteiger partial charge in [0.25, 0.3) is 0 Å². The van der Waals surface area contributed by atoms with Crippen molar-refractivity contribution in [1.82, 2.24) is 0 Å². The molecule has 0 aliphatic rings. The van der Waals surface area contributed by atoms with E-state index in [4.69, 9.17) is 56.8 Å². The molecule has 0 amide bonds. The molecule has 0 radical (unpaired) electrons. The van der Waals surface area contributed by atoms with Gasteiger partial charge >= 0.3 is 0 Å². The molecule has 0 bridgehead atoms. The van der Waals surface area contributed by atoms with Crippen LogP contribution in [0.4, 0.5) is 0 Å². The van der Waals surface area contributed by atoms with E-state index in [2.05, 4.69) is 6.92 Å². The minimum atomic E-state index is -0.390. The summed E-state index contributed by atoms with van der Waals surface area (Å²) in [5.74, 6) is 0. The summed E-state index contributed by atoms with van der Waals surface area (Å²) in [7, 11) is 6.56. The van der Waals surface area contributed by atoms with E-state index in [-0.39, 0.29) is 6.10 Å². The molecule has 0 N–H and O–H groups in total. The lowest BCUT2D eigenvalue weighted by Crippen LogP contribution is -2.46. The van der Waals surface area contributed by atoms with Gasteiger partial charge in [0.15, 0.2) is 0 Å². The summed E-state index contributed by atoms with van der Waals surface area (Å²) in [5.41, 5.74) is 0. The monoisotopic (exact) mass is 558 g/mol. The molecule has 0 rings (SSSR count). The topological polar surface area (TPSA) is 111 Å². The Balaban J connectivity index is 5.05. The number of ether oxygens (including phenoxy) is 12. The second kappa shape index (κ2) is 31.1. The first-order chi connectivity index (χ1) is 18.7. The van der Waals surface area contributed by atoms with E-state index >= 15 is 0 Å². The van der Waals surface area contributed by atoms with Crippen LogP contribution in [-0.4, -0.2) is 159 Å². The fraction of sp³-hybridized carbons (Fsp3) is 1.00. The summed E-state index contributed by atoms with van der Waals surface area (Å²) in [4.78, 5) is 0. The largest absolute Gasteiger partial charge is 0.382 e. The number of hydrogen-bond donors (Lipinski definition) is 0. The van der Waals surface area contributed by atoms with E-state index in [1.165, 1.54) is 0 Å². The highest BCUT2D eigenvalue weighted by molar-refractivity contribution is 4.80. The van der Waals surface area contributed by atoms with Gasteiger partial charge in [-0.15, -0.1) is 0 Å². The average molecular weight is 559 g/mol. The Labute approximate surface area is 229 Å². The molecule has 230 valence electrons. The Bertz CT molecular complexity index is 446. The maximum atomic E-state index is 6.27. The van der Waals surface area contributed by atoms with Crippen LogP contribution in [0.5, 0.6) is 0 Å². The second-order valence-electron chi connectivity index (χ2n) is 8.06. The molecule has 38 heavy (non-hydrogen) atoms. The van der Waals surface area contributed by atoms with Crippen molar-refractivity contribution in [2.24, 2.45) is 0 Å². The smallest absolute Gasteiger partial charge is 0.112 e. The lowest BCUT2D eigenvalue weighted by Gasteiger charge is -2.33. The molecule has 0 aliphatic carbocycles. The van der Waals surface area contributed by atoms with E-state index in [0.29, 0.717) is 112 Å². The fourth-order valence-corrected chi connectivity index (χ4v) is 3.19. The predicted molar refractivity (Wildman–Crippen MR) is 141 cm³/mol. The SMILES string of the molecule is CCC(OCCOCCOC)C(OCCOCCOC)C(COCCOCCOC)OCCOCCOC. The summed E-state index contributed by atoms with van der Waals surface area (Å²) >= 11 is 0. The number of hydrogen-bond acceptors (Lipinski definition) is 12. The van der Waals surface area contributed by atoms with E-state index in [0.717, 1.165) is 6.42 Å². The van der Waals surface area contributed by atoms with Gasteiger partial charge in [-0.2, -0.15) is 0 Å². The molecule has 3 atom stereocenters. The zero-order valence-corrected chi connectivity index (χ0v) is 24.4. The molecule has 0 aromatic heterocycles. The molecule has 3 unspecified atom stereocenters. The van der Waals surface area contributed by atoms with Gasteiger partial charge in [0, 0.05) is 28.4 Å². The van der Waals surface area contributed by atoms with Crippen molar-refractivity contribution >= 4 is 0 Å². The first kappa shape index (κ1) is 37.5. The molecule has 0 aromatic carbocycles. The maximum absolute atomic E-state index is 6.27. The third kappa shape index (κ3) is 23.4. The van der Waals surface area contributed by atoms with Gasteiger partial charge in [-0.1, -0.05) is 6.92 Å². The molecule has 0 aliphatic heterocycles. The van der Waals surface area contributed by atoms with Crippen LogP contribution in [-0.2, 0) is 56.8 Å². The van der Waals surface area contributed by atoms with E-state index < -0.39 is 12.2 Å². The quantitative estimate of drug-likeness (QED) is 0.111. The molecular formula is C26H54O12. The molecule has 0 fully saturated rings. The zero-order valence-electron chi connectivity index (χ0n) is 24.4. The average Bonchev–Trinajstić information content (AvgIpc) is 2.93. The zero-order chi connectivity index (χ0) is 27.9. The first-order valence-corrected chi connectivity index (χ1v) is 13.4. The highest BCUT2D eigenvalue weighted by Crippen LogP contribution is 2.17. The molecule has 12 heteroatoms. The van der Waals surface area contributed by atoms with Crippen LogP contribution >= 0.6 is 0 Å². The predicted octanol–water partition coefficient (Wildman–Crippen LogP) is 1.22. The number of rotatable bonds is 32. The van der Waals surface area contributed by atoms with Gasteiger partial charge < -0.3 is 56.8 Å². The Hall–Kier alpha value is -0.480. The van der Waals surface area contributed by atoms with Crippen LogP contribution in [0.15, 0.2) is 0 Å². The lowest BCUT2D eigenvalue weighted by molar-refractivity contribution is -0.169. The van der Waals surface area contributed by atoms with Crippen molar-refractivity contribution in [3.8, 4) is 0 Å². The summed E-state index contributed by atoms with van der Waals surface area (Å²) in [5, 5.41) is 0. The molecule has 0 saturated carbocycles. The van der Waals surface area contributed by atoms with Crippen LogP contribution in [0, 0.1) is 0 Å². The summed E-state index contributed by atoms with van der Waals surface area (Å²) in [6, 6.07) is 0. The van der Waals surface area contributed by atoms with Crippen molar-refractivity contribution in [1.29, 1.82) is 0 Å². The van der Waals surface area contributed by atoms with Crippen molar-refractivity contribution < 1.29 is 56.8 Å². The Morgan fingerprint density at radius 1 is 0.368 bits per heavy atom. The van der Waals surface area contributed by atoms with Crippen molar-refractivity contribution in [3.63, 3.8) is 0 Å². The van der Waals surface area contributed by atoms with E-state index in [1.807, 2.05) is 0 Å². The highest BCUT2D eigenvalue weighted by atomic mass is 16.6. The molecule has 0 heterocycles. The van der Waals surface area contributed by atoms with Crippen LogP contribution in [0.25, 0.3) is 0 Å². The van der Waals surface area contributed by atoms with Crippen molar-refractivity contribution in [3.05, 3.63) is 0 Å². The summed E-state index contributed by atoms with van der Waals surface area (Å²) < 4.78 is 66.8. The van der Waals surface area contributed by atoms with Gasteiger partial charge in [0.2, 0.25) is 0 Å². The van der Waals surface area contributed by atoms with Gasteiger partial charge in [-0.3, -0.25) is 0 Å². The highest BCUT2D eigenvalue weighted by Gasteiger charge is 2.31. The van der Waals surface area contributed by atoms with Crippen molar-refractivity contribution in [2.45, 2.75) is 31.7 Å². The maximum Gasteiger partial charge on any atom is 0.112 e. The third-order valence-electron chi connectivity index (χ3n) is 5.17. The third-order valence-corrected chi connectivity index (χ3v) is 5.17. The van der Waals surface area contributed by atoms with Crippen LogP contribution in [0.1, 0.15) is 13.3 Å². The molecule has 0 spiro atoms. The minimum Gasteiger partial charge on any atom is -0.382 e. The first-order valence-electron chi connectivity index (χ1n) is 13.4. The summed E-state index contributed by atoms with van der Waals surface area (Å²) in [6.45, 7) is 9.93. The number of methoxy groups -OCH3 is 4.